The number of methoxy groups -OCH3 is 1. The number of hydrogen-bond acceptors (Lipinski definition) is 4. The van der Waals surface area contributed by atoms with Crippen molar-refractivity contribution < 1.29 is 9.47 Å². The lowest BCUT2D eigenvalue weighted by atomic mass is 9.89. The average molecular weight is 357 g/mol. The average Bonchev–Trinajstić information content (AvgIpc) is 2.55. The van der Waals surface area contributed by atoms with E-state index in [0.29, 0.717) is 5.11 Å². The third kappa shape index (κ3) is 4.20. The normalized spacial score (nSPS) is 17.8. The van der Waals surface area contributed by atoms with E-state index < -0.39 is 0 Å². The summed E-state index contributed by atoms with van der Waals surface area (Å²) in [5.74, 6) is 2.33. The molecule has 3 rings (SSSR count). The summed E-state index contributed by atoms with van der Waals surface area (Å²) in [5, 5.41) is 7.07. The van der Waals surface area contributed by atoms with Gasteiger partial charge in [0.05, 0.1) is 13.2 Å². The lowest BCUT2D eigenvalue weighted by molar-refractivity contribution is 0.0693. The molecule has 2 heterocycles. The minimum atomic E-state index is -0.297. The number of nitrogens with one attached hydrogen (secondary N) is 2. The number of pyridine rings is 1. The quantitative estimate of drug-likeness (QED) is 0.810. The summed E-state index contributed by atoms with van der Waals surface area (Å²) in [7, 11) is 1.65. The van der Waals surface area contributed by atoms with Gasteiger partial charge in [-0.05, 0) is 56.8 Å². The van der Waals surface area contributed by atoms with Crippen molar-refractivity contribution in [3.05, 3.63) is 47.7 Å². The van der Waals surface area contributed by atoms with Gasteiger partial charge in [0.15, 0.2) is 5.11 Å². The van der Waals surface area contributed by atoms with E-state index in [1.807, 2.05) is 43.5 Å². The van der Waals surface area contributed by atoms with Crippen LogP contribution in [-0.2, 0) is 0 Å². The Kier molecular flexibility index (Phi) is 4.81. The zero-order chi connectivity index (χ0) is 18.0. The summed E-state index contributed by atoms with van der Waals surface area (Å²) in [6.07, 6.45) is 2.61. The molecule has 0 unspecified atom stereocenters. The molecule has 6 heteroatoms. The Morgan fingerprint density at radius 3 is 2.80 bits per heavy atom. The highest BCUT2D eigenvalue weighted by Crippen LogP contribution is 2.41. The maximum absolute atomic E-state index is 6.11. The Labute approximate surface area is 153 Å². The number of fused-ring (bicyclic) bond motifs is 1. The molecule has 1 aliphatic heterocycles. The molecule has 1 aliphatic rings. The molecule has 132 valence electrons. The Hall–Kier alpha value is -2.34. The number of aromatic nitrogens is 1. The standard InChI is InChI=1S/C19H23N3O2S/c1-12-5-8-17(20-11-12)22-18(25)21-15-10-19(2,3)24-16-9-13(23-4)6-7-14(15)16/h5-9,11,15H,10H2,1-4H3,(H2,20,21,22,25)/t15-/m0/s1. The second-order valence-corrected chi connectivity index (χ2v) is 7.25. The largest absolute Gasteiger partial charge is 0.497 e. The van der Waals surface area contributed by atoms with E-state index in [1.54, 1.807) is 7.11 Å². The lowest BCUT2D eigenvalue weighted by Crippen LogP contribution is -2.42. The molecule has 0 fully saturated rings. The second kappa shape index (κ2) is 6.88. The van der Waals surface area contributed by atoms with Crippen molar-refractivity contribution in [2.45, 2.75) is 38.8 Å². The zero-order valence-corrected chi connectivity index (χ0v) is 15.7. The van der Waals surface area contributed by atoms with Gasteiger partial charge in [-0.1, -0.05) is 6.07 Å². The van der Waals surface area contributed by atoms with E-state index in [-0.39, 0.29) is 11.6 Å². The molecular formula is C19H23N3O2S. The fourth-order valence-corrected chi connectivity index (χ4v) is 3.19. The molecule has 0 radical (unpaired) electrons. The van der Waals surface area contributed by atoms with E-state index in [9.17, 15) is 0 Å². The highest BCUT2D eigenvalue weighted by Gasteiger charge is 2.34. The summed E-state index contributed by atoms with van der Waals surface area (Å²) in [4.78, 5) is 4.33. The fraction of sp³-hybridized carbons (Fsp3) is 0.368. The molecular weight excluding hydrogens is 334 g/mol. The summed E-state index contributed by atoms with van der Waals surface area (Å²) < 4.78 is 11.4. The van der Waals surface area contributed by atoms with Crippen LogP contribution < -0.4 is 20.1 Å². The number of hydrogen-bond donors (Lipinski definition) is 2. The molecule has 0 aliphatic carbocycles. The van der Waals surface area contributed by atoms with Crippen LogP contribution in [0.2, 0.25) is 0 Å². The first-order chi connectivity index (χ1) is 11.9. The number of thiocarbonyl (C=S) groups is 1. The summed E-state index contributed by atoms with van der Waals surface area (Å²) in [6, 6.07) is 9.84. The van der Waals surface area contributed by atoms with Gasteiger partial charge in [-0.2, -0.15) is 0 Å². The highest BCUT2D eigenvalue weighted by molar-refractivity contribution is 7.80. The molecule has 1 aromatic heterocycles. The maximum atomic E-state index is 6.11. The first-order valence-corrected chi connectivity index (χ1v) is 8.64. The van der Waals surface area contributed by atoms with Gasteiger partial charge in [0.2, 0.25) is 0 Å². The van der Waals surface area contributed by atoms with Crippen LogP contribution in [-0.4, -0.2) is 22.8 Å². The van der Waals surface area contributed by atoms with Gasteiger partial charge >= 0.3 is 0 Å². The molecule has 2 aromatic rings. The Morgan fingerprint density at radius 2 is 2.12 bits per heavy atom. The predicted molar refractivity (Wildman–Crippen MR) is 103 cm³/mol. The van der Waals surface area contributed by atoms with Crippen molar-refractivity contribution in [2.24, 2.45) is 0 Å². The van der Waals surface area contributed by atoms with Crippen molar-refractivity contribution in [2.75, 3.05) is 12.4 Å². The molecule has 5 nitrogen and oxygen atoms in total. The van der Waals surface area contributed by atoms with Crippen LogP contribution in [0, 0.1) is 6.92 Å². The number of rotatable bonds is 3. The van der Waals surface area contributed by atoms with Crippen molar-refractivity contribution in [1.82, 2.24) is 10.3 Å². The van der Waals surface area contributed by atoms with Gasteiger partial charge in [0.1, 0.15) is 22.9 Å². The van der Waals surface area contributed by atoms with Gasteiger partial charge in [-0.15, -0.1) is 0 Å². The van der Waals surface area contributed by atoms with Crippen molar-refractivity contribution in [1.29, 1.82) is 0 Å². The number of benzene rings is 1. The first kappa shape index (κ1) is 17.5. The molecule has 0 spiro atoms. The summed E-state index contributed by atoms with van der Waals surface area (Å²) in [6.45, 7) is 6.15. The number of nitrogens with zero attached hydrogens (tertiary/aromatic N) is 1. The van der Waals surface area contributed by atoms with E-state index in [4.69, 9.17) is 21.7 Å². The van der Waals surface area contributed by atoms with Gasteiger partial charge in [-0.25, -0.2) is 4.98 Å². The van der Waals surface area contributed by atoms with Crippen LogP contribution in [0.25, 0.3) is 0 Å². The minimum absolute atomic E-state index is 0.0510. The van der Waals surface area contributed by atoms with E-state index >= 15 is 0 Å². The van der Waals surface area contributed by atoms with Crippen LogP contribution in [0.15, 0.2) is 36.5 Å². The monoisotopic (exact) mass is 357 g/mol. The smallest absolute Gasteiger partial charge is 0.172 e. The molecule has 0 saturated heterocycles. The SMILES string of the molecule is COc1ccc2c(c1)OC(C)(C)C[C@@H]2NC(=S)Nc1ccc(C)cn1. The summed E-state index contributed by atoms with van der Waals surface area (Å²) >= 11 is 5.47. The van der Waals surface area contributed by atoms with Crippen LogP contribution in [0.5, 0.6) is 11.5 Å². The third-order valence-corrected chi connectivity index (χ3v) is 4.36. The zero-order valence-electron chi connectivity index (χ0n) is 14.9. The number of anilines is 1. The molecule has 1 atom stereocenters. The summed E-state index contributed by atoms with van der Waals surface area (Å²) in [5.41, 5.74) is 1.88. The number of ether oxygens (including phenoxy) is 2. The van der Waals surface area contributed by atoms with Crippen LogP contribution >= 0.6 is 12.2 Å². The molecule has 0 amide bonds. The predicted octanol–water partition coefficient (Wildman–Crippen LogP) is 3.99. The van der Waals surface area contributed by atoms with Gasteiger partial charge < -0.3 is 20.1 Å². The van der Waals surface area contributed by atoms with E-state index in [1.165, 1.54) is 0 Å². The van der Waals surface area contributed by atoms with Crippen molar-refractivity contribution in [3.8, 4) is 11.5 Å². The maximum Gasteiger partial charge on any atom is 0.172 e. The van der Waals surface area contributed by atoms with Gasteiger partial charge in [0.25, 0.3) is 0 Å². The molecule has 1 aromatic carbocycles. The van der Waals surface area contributed by atoms with Crippen LogP contribution in [0.4, 0.5) is 5.82 Å². The topological polar surface area (TPSA) is 55.4 Å². The third-order valence-electron chi connectivity index (χ3n) is 4.14. The van der Waals surface area contributed by atoms with Crippen molar-refractivity contribution >= 4 is 23.1 Å². The fourth-order valence-electron chi connectivity index (χ4n) is 2.94. The molecule has 2 N–H and O–H groups in total. The van der Waals surface area contributed by atoms with Crippen LogP contribution in [0.1, 0.15) is 37.4 Å². The molecule has 0 bridgehead atoms. The van der Waals surface area contributed by atoms with Gasteiger partial charge in [0, 0.05) is 24.2 Å². The van der Waals surface area contributed by atoms with Crippen LogP contribution in [0.3, 0.4) is 0 Å². The highest BCUT2D eigenvalue weighted by atomic mass is 32.1. The first-order valence-electron chi connectivity index (χ1n) is 8.23. The lowest BCUT2D eigenvalue weighted by Gasteiger charge is -2.38. The Balaban J connectivity index is 1.77. The minimum Gasteiger partial charge on any atom is -0.497 e. The van der Waals surface area contributed by atoms with E-state index in [0.717, 1.165) is 34.9 Å². The van der Waals surface area contributed by atoms with Crippen molar-refractivity contribution in [3.63, 3.8) is 0 Å². The molecule has 25 heavy (non-hydrogen) atoms. The number of aryl methyl sites for hydroxylation is 1. The van der Waals surface area contributed by atoms with Gasteiger partial charge in [-0.3, -0.25) is 0 Å². The van der Waals surface area contributed by atoms with E-state index in [2.05, 4.69) is 29.5 Å². The Bertz CT molecular complexity index is 775. The second-order valence-electron chi connectivity index (χ2n) is 6.84. The molecule has 0 saturated carbocycles. The Morgan fingerprint density at radius 1 is 1.32 bits per heavy atom.